The molecule has 0 saturated heterocycles. The van der Waals surface area contributed by atoms with Gasteiger partial charge in [0.1, 0.15) is 6.04 Å². The minimum atomic E-state index is -0.145. The second-order valence-corrected chi connectivity index (χ2v) is 4.20. The first-order chi connectivity index (χ1) is 6.24. The van der Waals surface area contributed by atoms with Crippen LogP contribution in [0.2, 0.25) is 0 Å². The molecule has 70 valence electrons. The van der Waals surface area contributed by atoms with Gasteiger partial charge >= 0.3 is 0 Å². The zero-order chi connectivity index (χ0) is 9.68. The Kier molecular flexibility index (Phi) is 3.94. The smallest absolute Gasteiger partial charge is 0.122 e. The lowest BCUT2D eigenvalue weighted by molar-refractivity contribution is 0.526. The predicted molar refractivity (Wildman–Crippen MR) is 55.5 cm³/mol. The van der Waals surface area contributed by atoms with Crippen LogP contribution in [0.1, 0.15) is 25.5 Å². The molecule has 0 amide bonds. The number of nitriles is 1. The van der Waals surface area contributed by atoms with Crippen molar-refractivity contribution in [3.05, 3.63) is 22.4 Å². The van der Waals surface area contributed by atoms with E-state index in [1.807, 2.05) is 16.8 Å². The lowest BCUT2D eigenvalue weighted by Crippen LogP contribution is -2.23. The van der Waals surface area contributed by atoms with Crippen LogP contribution in [-0.2, 0) is 0 Å². The van der Waals surface area contributed by atoms with Gasteiger partial charge in [0.25, 0.3) is 0 Å². The third-order valence-corrected chi connectivity index (χ3v) is 2.44. The molecule has 0 aromatic carbocycles. The van der Waals surface area contributed by atoms with E-state index < -0.39 is 0 Å². The molecule has 0 aliphatic carbocycles. The zero-order valence-corrected chi connectivity index (χ0v) is 8.77. The maximum absolute atomic E-state index is 8.90. The summed E-state index contributed by atoms with van der Waals surface area (Å²) in [5.41, 5.74) is 1.08. The summed E-state index contributed by atoms with van der Waals surface area (Å²) in [4.78, 5) is 0. The molecule has 1 rings (SSSR count). The Labute approximate surface area is 83.2 Å². The summed E-state index contributed by atoms with van der Waals surface area (Å²) >= 11 is 1.63. The van der Waals surface area contributed by atoms with Gasteiger partial charge in [0.15, 0.2) is 0 Å². The van der Waals surface area contributed by atoms with E-state index in [4.69, 9.17) is 5.26 Å². The van der Waals surface area contributed by atoms with Gasteiger partial charge in [-0.3, -0.25) is 5.32 Å². The van der Waals surface area contributed by atoms with E-state index in [1.54, 1.807) is 11.3 Å². The molecule has 0 fully saturated rings. The molecule has 0 saturated carbocycles. The number of hydrogen-bond donors (Lipinski definition) is 1. The van der Waals surface area contributed by atoms with Crippen molar-refractivity contribution >= 4 is 11.3 Å². The summed E-state index contributed by atoms with van der Waals surface area (Å²) in [6.07, 6.45) is 0. The average molecular weight is 194 g/mol. The lowest BCUT2D eigenvalue weighted by atomic mass is 10.1. The van der Waals surface area contributed by atoms with Gasteiger partial charge in [0, 0.05) is 0 Å². The van der Waals surface area contributed by atoms with Crippen LogP contribution in [0.5, 0.6) is 0 Å². The second kappa shape index (κ2) is 5.00. The molecular weight excluding hydrogens is 180 g/mol. The van der Waals surface area contributed by atoms with Crippen molar-refractivity contribution in [2.24, 2.45) is 5.92 Å². The third kappa shape index (κ3) is 3.17. The normalized spacial score (nSPS) is 12.8. The Hall–Kier alpha value is -0.850. The number of rotatable bonds is 4. The van der Waals surface area contributed by atoms with E-state index in [-0.39, 0.29) is 6.04 Å². The molecule has 0 aliphatic rings. The van der Waals surface area contributed by atoms with Crippen LogP contribution in [-0.4, -0.2) is 6.54 Å². The molecule has 1 unspecified atom stereocenters. The van der Waals surface area contributed by atoms with Gasteiger partial charge in [-0.1, -0.05) is 13.8 Å². The molecule has 1 N–H and O–H groups in total. The highest BCUT2D eigenvalue weighted by Crippen LogP contribution is 2.15. The highest BCUT2D eigenvalue weighted by atomic mass is 32.1. The Morgan fingerprint density at radius 1 is 1.62 bits per heavy atom. The van der Waals surface area contributed by atoms with Gasteiger partial charge in [-0.2, -0.15) is 16.6 Å². The lowest BCUT2D eigenvalue weighted by Gasteiger charge is -2.11. The van der Waals surface area contributed by atoms with Crippen LogP contribution in [0, 0.1) is 17.2 Å². The molecule has 13 heavy (non-hydrogen) atoms. The largest absolute Gasteiger partial charge is 0.298 e. The fraction of sp³-hybridized carbons (Fsp3) is 0.500. The monoisotopic (exact) mass is 194 g/mol. The van der Waals surface area contributed by atoms with Crippen molar-refractivity contribution in [3.8, 4) is 6.07 Å². The standard InChI is InChI=1S/C10H14N2S/c1-8(2)6-12-10(5-11)9-3-4-13-7-9/h3-4,7-8,10,12H,6H2,1-2H3. The van der Waals surface area contributed by atoms with Crippen molar-refractivity contribution in [3.63, 3.8) is 0 Å². The van der Waals surface area contributed by atoms with Crippen molar-refractivity contribution in [1.82, 2.24) is 5.32 Å². The average Bonchev–Trinajstić information content (AvgIpc) is 2.58. The van der Waals surface area contributed by atoms with Gasteiger partial charge in [-0.25, -0.2) is 0 Å². The molecule has 0 radical (unpaired) electrons. The quantitative estimate of drug-likeness (QED) is 0.799. The van der Waals surface area contributed by atoms with Gasteiger partial charge in [0.05, 0.1) is 6.07 Å². The van der Waals surface area contributed by atoms with Crippen LogP contribution in [0.3, 0.4) is 0 Å². The van der Waals surface area contributed by atoms with E-state index in [1.165, 1.54) is 0 Å². The maximum Gasteiger partial charge on any atom is 0.122 e. The van der Waals surface area contributed by atoms with Gasteiger partial charge in [-0.15, -0.1) is 0 Å². The minimum Gasteiger partial charge on any atom is -0.298 e. The van der Waals surface area contributed by atoms with Crippen LogP contribution in [0.25, 0.3) is 0 Å². The first-order valence-corrected chi connectivity index (χ1v) is 5.33. The Morgan fingerprint density at radius 3 is 2.85 bits per heavy atom. The molecule has 3 heteroatoms. The molecule has 1 aromatic heterocycles. The fourth-order valence-corrected chi connectivity index (χ4v) is 1.72. The highest BCUT2D eigenvalue weighted by molar-refractivity contribution is 7.07. The third-order valence-electron chi connectivity index (χ3n) is 1.74. The first-order valence-electron chi connectivity index (χ1n) is 4.39. The summed E-state index contributed by atoms with van der Waals surface area (Å²) in [6.45, 7) is 5.15. The summed E-state index contributed by atoms with van der Waals surface area (Å²) in [5, 5.41) is 16.1. The van der Waals surface area contributed by atoms with Gasteiger partial charge in [-0.05, 0) is 34.9 Å². The van der Waals surface area contributed by atoms with E-state index >= 15 is 0 Å². The summed E-state index contributed by atoms with van der Waals surface area (Å²) in [6, 6.07) is 4.10. The molecule has 0 aliphatic heterocycles. The molecule has 2 nitrogen and oxygen atoms in total. The van der Waals surface area contributed by atoms with Crippen LogP contribution < -0.4 is 5.32 Å². The van der Waals surface area contributed by atoms with E-state index in [9.17, 15) is 0 Å². The molecule has 0 bridgehead atoms. The number of nitrogens with zero attached hydrogens (tertiary/aromatic N) is 1. The summed E-state index contributed by atoms with van der Waals surface area (Å²) in [5.74, 6) is 0.578. The van der Waals surface area contributed by atoms with Crippen LogP contribution >= 0.6 is 11.3 Å². The Bertz CT molecular complexity index is 272. The highest BCUT2D eigenvalue weighted by Gasteiger charge is 2.09. The molecule has 1 heterocycles. The Morgan fingerprint density at radius 2 is 2.38 bits per heavy atom. The minimum absolute atomic E-state index is 0.145. The van der Waals surface area contributed by atoms with Crippen LogP contribution in [0.15, 0.2) is 16.8 Å². The van der Waals surface area contributed by atoms with Gasteiger partial charge < -0.3 is 0 Å². The number of nitrogens with one attached hydrogen (secondary N) is 1. The number of hydrogen-bond acceptors (Lipinski definition) is 3. The molecular formula is C10H14N2S. The number of thiophene rings is 1. The maximum atomic E-state index is 8.90. The van der Waals surface area contributed by atoms with Crippen molar-refractivity contribution in [2.75, 3.05) is 6.54 Å². The fourth-order valence-electron chi connectivity index (χ4n) is 1.03. The van der Waals surface area contributed by atoms with E-state index in [0.717, 1.165) is 12.1 Å². The van der Waals surface area contributed by atoms with Crippen molar-refractivity contribution in [1.29, 1.82) is 5.26 Å². The SMILES string of the molecule is CC(C)CNC(C#N)c1ccsc1. The summed E-state index contributed by atoms with van der Waals surface area (Å²) in [7, 11) is 0. The first kappa shape index (κ1) is 10.2. The Balaban J connectivity index is 2.51. The van der Waals surface area contributed by atoms with Crippen LogP contribution in [0.4, 0.5) is 0 Å². The van der Waals surface area contributed by atoms with E-state index in [2.05, 4.69) is 25.2 Å². The molecule has 1 atom stereocenters. The molecule has 0 spiro atoms. The topological polar surface area (TPSA) is 35.8 Å². The second-order valence-electron chi connectivity index (χ2n) is 3.42. The predicted octanol–water partition coefficient (Wildman–Crippen LogP) is 2.56. The van der Waals surface area contributed by atoms with Crippen molar-refractivity contribution in [2.45, 2.75) is 19.9 Å². The zero-order valence-electron chi connectivity index (χ0n) is 7.95. The van der Waals surface area contributed by atoms with Gasteiger partial charge in [0.2, 0.25) is 0 Å². The van der Waals surface area contributed by atoms with Crippen molar-refractivity contribution < 1.29 is 0 Å². The van der Waals surface area contributed by atoms with E-state index in [0.29, 0.717) is 5.92 Å². The summed E-state index contributed by atoms with van der Waals surface area (Å²) < 4.78 is 0. The molecule has 1 aromatic rings.